The zero-order valence-electron chi connectivity index (χ0n) is 9.23. The van der Waals surface area contributed by atoms with Gasteiger partial charge in [0, 0.05) is 22.4 Å². The lowest BCUT2D eigenvalue weighted by Crippen LogP contribution is -2.46. The molecule has 2 heterocycles. The third-order valence-electron chi connectivity index (χ3n) is 3.13. The van der Waals surface area contributed by atoms with E-state index in [1.54, 1.807) is 6.92 Å². The van der Waals surface area contributed by atoms with Crippen molar-refractivity contribution in [3.8, 4) is 0 Å². The number of Topliss-reactive ketones (excluding diaryl/α,β-unsaturated/α-hetero) is 1. The van der Waals surface area contributed by atoms with Gasteiger partial charge in [0.15, 0.2) is 5.78 Å². The van der Waals surface area contributed by atoms with E-state index in [2.05, 4.69) is 5.32 Å². The molecule has 0 bridgehead atoms. The van der Waals surface area contributed by atoms with E-state index in [-0.39, 0.29) is 25.1 Å². The van der Waals surface area contributed by atoms with Crippen molar-refractivity contribution in [2.45, 2.75) is 19.5 Å². The van der Waals surface area contributed by atoms with Crippen LogP contribution in [0.2, 0.25) is 0 Å². The lowest BCUT2D eigenvalue weighted by Gasteiger charge is -2.28. The Hall–Kier alpha value is -0.880. The van der Waals surface area contributed by atoms with Crippen LogP contribution in [0.3, 0.4) is 0 Å². The van der Waals surface area contributed by atoms with Crippen LogP contribution in [-0.4, -0.2) is 25.0 Å². The maximum absolute atomic E-state index is 13.1. The van der Waals surface area contributed by atoms with Gasteiger partial charge in [-0.15, -0.1) is 11.3 Å². The number of rotatable bonds is 2. The van der Waals surface area contributed by atoms with E-state index in [9.17, 15) is 18.0 Å². The molecular weight excluding hydrogens is 251 g/mol. The van der Waals surface area contributed by atoms with Crippen molar-refractivity contribution in [1.82, 2.24) is 5.32 Å². The summed E-state index contributed by atoms with van der Waals surface area (Å²) >= 11 is 1.29. The van der Waals surface area contributed by atoms with Gasteiger partial charge in [0.2, 0.25) is 0 Å². The van der Waals surface area contributed by atoms with Crippen LogP contribution >= 0.6 is 11.3 Å². The Morgan fingerprint density at radius 2 is 2.24 bits per heavy atom. The molecule has 6 heteroatoms. The minimum absolute atomic E-state index is 0.175. The molecule has 1 fully saturated rings. The summed E-state index contributed by atoms with van der Waals surface area (Å²) in [6.45, 7) is 1.69. The molecule has 0 spiro atoms. The molecule has 1 unspecified atom stereocenters. The highest BCUT2D eigenvalue weighted by Crippen LogP contribution is 2.45. The van der Waals surface area contributed by atoms with E-state index < -0.39 is 17.4 Å². The Morgan fingerprint density at radius 1 is 1.53 bits per heavy atom. The van der Waals surface area contributed by atoms with E-state index in [0.717, 1.165) is 4.88 Å². The van der Waals surface area contributed by atoms with Gasteiger partial charge in [0.05, 0.1) is 0 Å². The molecule has 94 valence electrons. The molecule has 1 aliphatic heterocycles. The molecule has 1 aromatic heterocycles. The summed E-state index contributed by atoms with van der Waals surface area (Å²) < 4.78 is 39.3. The van der Waals surface area contributed by atoms with Crippen LogP contribution in [0.4, 0.5) is 13.2 Å². The molecule has 2 nitrogen and oxygen atoms in total. The number of halogens is 3. The van der Waals surface area contributed by atoms with E-state index in [4.69, 9.17) is 0 Å². The second-order valence-electron chi connectivity index (χ2n) is 4.28. The smallest absolute Gasteiger partial charge is 0.315 e. The number of hydrogen-bond donors (Lipinski definition) is 1. The highest BCUT2D eigenvalue weighted by molar-refractivity contribution is 7.10. The summed E-state index contributed by atoms with van der Waals surface area (Å²) in [5, 5.41) is 4.14. The van der Waals surface area contributed by atoms with E-state index in [1.165, 1.54) is 22.8 Å². The molecule has 0 aromatic carbocycles. The second kappa shape index (κ2) is 4.10. The molecule has 0 aliphatic carbocycles. The predicted molar refractivity (Wildman–Crippen MR) is 59.4 cm³/mol. The van der Waals surface area contributed by atoms with Crippen LogP contribution in [0.25, 0.3) is 0 Å². The van der Waals surface area contributed by atoms with E-state index >= 15 is 0 Å². The second-order valence-corrected chi connectivity index (χ2v) is 5.40. The molecular formula is C11H12F3NOS. The standard InChI is InChI=1S/C11H12F3NOS/c1-7-4-8(5-17-7)9(16)10(11(12,13)14)2-3-15-6-10/h4-5,15H,2-3,6H2,1H3. The fraction of sp³-hybridized carbons (Fsp3) is 0.545. The summed E-state index contributed by atoms with van der Waals surface area (Å²) in [5.74, 6) is -0.806. The maximum Gasteiger partial charge on any atom is 0.402 e. The van der Waals surface area contributed by atoms with Crippen molar-refractivity contribution in [3.63, 3.8) is 0 Å². The van der Waals surface area contributed by atoms with Gasteiger partial charge in [-0.2, -0.15) is 13.2 Å². The van der Waals surface area contributed by atoms with E-state index in [0.29, 0.717) is 0 Å². The molecule has 1 aromatic rings. The molecule has 1 aliphatic rings. The van der Waals surface area contributed by atoms with Crippen LogP contribution in [0.15, 0.2) is 11.4 Å². The fourth-order valence-electron chi connectivity index (χ4n) is 2.10. The average molecular weight is 263 g/mol. The highest BCUT2D eigenvalue weighted by atomic mass is 32.1. The Balaban J connectivity index is 2.38. The van der Waals surface area contributed by atoms with Gasteiger partial charge < -0.3 is 5.32 Å². The topological polar surface area (TPSA) is 29.1 Å². The van der Waals surface area contributed by atoms with Gasteiger partial charge in [-0.1, -0.05) is 0 Å². The summed E-state index contributed by atoms with van der Waals surface area (Å²) in [4.78, 5) is 12.9. The first-order valence-corrected chi connectivity index (χ1v) is 6.12. The largest absolute Gasteiger partial charge is 0.402 e. The molecule has 0 amide bonds. The minimum Gasteiger partial charge on any atom is -0.315 e. The Kier molecular flexibility index (Phi) is 3.03. The first-order valence-electron chi connectivity index (χ1n) is 5.24. The molecule has 0 saturated carbocycles. The SMILES string of the molecule is Cc1cc(C(=O)C2(C(F)(F)F)CCNC2)cs1. The molecule has 17 heavy (non-hydrogen) atoms. The van der Waals surface area contributed by atoms with Crippen molar-refractivity contribution in [2.24, 2.45) is 5.41 Å². The maximum atomic E-state index is 13.1. The van der Waals surface area contributed by atoms with Gasteiger partial charge in [-0.25, -0.2) is 0 Å². The summed E-state index contributed by atoms with van der Waals surface area (Å²) in [6.07, 6.45) is -4.67. The molecule has 1 atom stereocenters. The Morgan fingerprint density at radius 3 is 2.65 bits per heavy atom. The number of hydrogen-bond acceptors (Lipinski definition) is 3. The van der Waals surface area contributed by atoms with Gasteiger partial charge in [-0.05, 0) is 26.0 Å². The summed E-state index contributed by atoms with van der Waals surface area (Å²) in [6, 6.07) is 1.53. The van der Waals surface area contributed by atoms with Crippen LogP contribution in [0.1, 0.15) is 21.7 Å². The van der Waals surface area contributed by atoms with Crippen molar-refractivity contribution in [1.29, 1.82) is 0 Å². The molecule has 1 N–H and O–H groups in total. The van der Waals surface area contributed by atoms with Crippen molar-refractivity contribution in [3.05, 3.63) is 21.9 Å². The quantitative estimate of drug-likeness (QED) is 0.831. The monoisotopic (exact) mass is 263 g/mol. The molecule has 0 radical (unpaired) electrons. The third-order valence-corrected chi connectivity index (χ3v) is 3.99. The van der Waals surface area contributed by atoms with Crippen molar-refractivity contribution < 1.29 is 18.0 Å². The Bertz CT molecular complexity index is 432. The van der Waals surface area contributed by atoms with Gasteiger partial charge >= 0.3 is 6.18 Å². The van der Waals surface area contributed by atoms with Crippen LogP contribution in [-0.2, 0) is 0 Å². The van der Waals surface area contributed by atoms with Crippen LogP contribution in [0.5, 0.6) is 0 Å². The minimum atomic E-state index is -4.50. The van der Waals surface area contributed by atoms with Crippen LogP contribution < -0.4 is 5.32 Å². The van der Waals surface area contributed by atoms with Crippen LogP contribution in [0, 0.1) is 12.3 Å². The number of carbonyl (C=O) groups excluding carboxylic acids is 1. The highest BCUT2D eigenvalue weighted by Gasteiger charge is 2.61. The first kappa shape index (κ1) is 12.6. The number of alkyl halides is 3. The summed E-state index contributed by atoms with van der Waals surface area (Å²) in [5.41, 5.74) is -2.06. The van der Waals surface area contributed by atoms with E-state index in [1.807, 2.05) is 0 Å². The zero-order chi connectivity index (χ0) is 12.7. The lowest BCUT2D eigenvalue weighted by molar-refractivity contribution is -0.197. The predicted octanol–water partition coefficient (Wildman–Crippen LogP) is 2.78. The fourth-order valence-corrected chi connectivity index (χ4v) is 2.78. The van der Waals surface area contributed by atoms with Crippen molar-refractivity contribution >= 4 is 17.1 Å². The summed E-state index contributed by atoms with van der Waals surface area (Å²) in [7, 11) is 0. The number of carbonyl (C=O) groups is 1. The van der Waals surface area contributed by atoms with Gasteiger partial charge in [0.25, 0.3) is 0 Å². The van der Waals surface area contributed by atoms with Gasteiger partial charge in [0.1, 0.15) is 5.41 Å². The van der Waals surface area contributed by atoms with Crippen molar-refractivity contribution in [2.75, 3.05) is 13.1 Å². The Labute approximate surface area is 101 Å². The number of nitrogens with one attached hydrogen (secondary N) is 1. The van der Waals surface area contributed by atoms with Gasteiger partial charge in [-0.3, -0.25) is 4.79 Å². The molecule has 2 rings (SSSR count). The number of aryl methyl sites for hydroxylation is 1. The zero-order valence-corrected chi connectivity index (χ0v) is 10.0. The average Bonchev–Trinajstić information content (AvgIpc) is 2.83. The number of thiophene rings is 1. The first-order chi connectivity index (χ1) is 7.87. The third kappa shape index (κ3) is 1.99. The normalized spacial score (nSPS) is 25.2. The molecule has 1 saturated heterocycles. The number of ketones is 1. The lowest BCUT2D eigenvalue weighted by atomic mass is 9.79.